The lowest BCUT2D eigenvalue weighted by Crippen LogP contribution is -2.34. The van der Waals surface area contributed by atoms with Gasteiger partial charge in [0.05, 0.1) is 26.5 Å². The molecule has 2 rings (SSSR count). The Kier molecular flexibility index (Phi) is 7.81. The van der Waals surface area contributed by atoms with E-state index in [1.54, 1.807) is 0 Å². The highest BCUT2D eigenvalue weighted by molar-refractivity contribution is 9.10. The van der Waals surface area contributed by atoms with Crippen LogP contribution in [0.2, 0.25) is 15.1 Å². The fraction of sp³-hybridized carbons (Fsp3) is 0.167. The topological polar surface area (TPSA) is 41.1 Å². The second kappa shape index (κ2) is 9.50. The molecule has 0 bridgehead atoms. The molecule has 0 aromatic heterocycles. The van der Waals surface area contributed by atoms with Crippen LogP contribution in [0.25, 0.3) is 6.08 Å². The highest BCUT2D eigenvalue weighted by atomic mass is 79.9. The second-order valence-electron chi connectivity index (χ2n) is 5.62. The number of hydrazine groups is 1. The number of hydrogen-bond donors (Lipinski definition) is 2. The third-order valence-corrected chi connectivity index (χ3v) is 5.53. The van der Waals surface area contributed by atoms with E-state index >= 15 is 0 Å². The number of hydrogen-bond acceptors (Lipinski definition) is 2. The summed E-state index contributed by atoms with van der Waals surface area (Å²) in [6.45, 7) is 0. The van der Waals surface area contributed by atoms with Crippen LogP contribution >= 0.6 is 50.7 Å². The maximum absolute atomic E-state index is 13.6. The van der Waals surface area contributed by atoms with Gasteiger partial charge in [-0.3, -0.25) is 10.2 Å². The van der Waals surface area contributed by atoms with E-state index in [0.29, 0.717) is 15.6 Å². The van der Waals surface area contributed by atoms with Crippen molar-refractivity contribution in [1.29, 1.82) is 0 Å². The van der Waals surface area contributed by atoms with Crippen molar-refractivity contribution in [2.75, 3.05) is 7.05 Å². The first-order valence-corrected chi connectivity index (χ1v) is 9.63. The van der Waals surface area contributed by atoms with Crippen molar-refractivity contribution in [1.82, 2.24) is 10.9 Å². The van der Waals surface area contributed by atoms with E-state index in [0.717, 1.165) is 18.2 Å². The van der Waals surface area contributed by atoms with Crippen LogP contribution in [0.4, 0.5) is 13.2 Å². The van der Waals surface area contributed by atoms with Gasteiger partial charge in [-0.25, -0.2) is 5.43 Å². The molecule has 0 aliphatic rings. The van der Waals surface area contributed by atoms with Crippen molar-refractivity contribution < 1.29 is 18.0 Å². The van der Waals surface area contributed by atoms with Gasteiger partial charge >= 0.3 is 6.18 Å². The molecule has 0 radical (unpaired) electrons. The Labute approximate surface area is 182 Å². The van der Waals surface area contributed by atoms with Crippen molar-refractivity contribution in [3.8, 4) is 0 Å². The lowest BCUT2D eigenvalue weighted by atomic mass is 9.97. The molecule has 0 fully saturated rings. The lowest BCUT2D eigenvalue weighted by molar-refractivity contribution is -0.139. The minimum absolute atomic E-state index is 0.00338. The van der Waals surface area contributed by atoms with Crippen molar-refractivity contribution in [3.63, 3.8) is 0 Å². The minimum atomic E-state index is -4.57. The fourth-order valence-corrected chi connectivity index (χ4v) is 3.56. The maximum Gasteiger partial charge on any atom is 0.399 e. The summed E-state index contributed by atoms with van der Waals surface area (Å²) in [5.74, 6) is -2.32. The Morgan fingerprint density at radius 2 is 1.75 bits per heavy atom. The van der Waals surface area contributed by atoms with Gasteiger partial charge in [0.2, 0.25) is 0 Å². The summed E-state index contributed by atoms with van der Waals surface area (Å²) in [5.41, 5.74) is 5.58. The molecule has 2 aromatic rings. The molecular formula is C18H13BrCl3F3N2O. The number of alkyl halides is 3. The van der Waals surface area contributed by atoms with Gasteiger partial charge in [0.15, 0.2) is 0 Å². The molecule has 2 N–H and O–H groups in total. The molecule has 1 amide bonds. The van der Waals surface area contributed by atoms with E-state index < -0.39 is 12.1 Å². The Morgan fingerprint density at radius 1 is 1.14 bits per heavy atom. The van der Waals surface area contributed by atoms with E-state index in [1.165, 1.54) is 31.3 Å². The van der Waals surface area contributed by atoms with E-state index in [4.69, 9.17) is 34.8 Å². The molecule has 3 nitrogen and oxygen atoms in total. The average Bonchev–Trinajstić information content (AvgIpc) is 2.58. The van der Waals surface area contributed by atoms with Gasteiger partial charge in [-0.2, -0.15) is 13.2 Å². The monoisotopic (exact) mass is 514 g/mol. The molecule has 1 unspecified atom stereocenters. The number of carbonyl (C=O) groups excluding carboxylic acids is 1. The Morgan fingerprint density at radius 3 is 2.25 bits per heavy atom. The van der Waals surface area contributed by atoms with Crippen molar-refractivity contribution in [2.45, 2.75) is 12.1 Å². The van der Waals surface area contributed by atoms with E-state index in [2.05, 4.69) is 26.8 Å². The molecule has 0 spiro atoms. The first-order valence-electron chi connectivity index (χ1n) is 7.70. The van der Waals surface area contributed by atoms with Gasteiger partial charge < -0.3 is 0 Å². The third-order valence-electron chi connectivity index (χ3n) is 3.68. The molecule has 0 aliphatic heterocycles. The maximum atomic E-state index is 13.6. The fourth-order valence-electron chi connectivity index (χ4n) is 2.37. The standard InChI is InChI=1S/C18H13BrCl3F3N2O/c1-26-27-17(28)11-4-2-9(6-13(11)19)3-5-12(18(23,24)25)10-7-14(20)16(22)15(21)8-10/h2-8,12,26H,1H3,(H,27,28)/b5-3+. The van der Waals surface area contributed by atoms with E-state index in [1.807, 2.05) is 0 Å². The quantitative estimate of drug-likeness (QED) is 0.346. The van der Waals surface area contributed by atoms with Gasteiger partial charge in [-0.05, 0) is 51.3 Å². The number of carbonyl (C=O) groups is 1. The third kappa shape index (κ3) is 5.64. The lowest BCUT2D eigenvalue weighted by Gasteiger charge is -2.18. The summed E-state index contributed by atoms with van der Waals surface area (Å²) in [6.07, 6.45) is -2.27. The average molecular weight is 517 g/mol. The smallest absolute Gasteiger partial charge is 0.288 e. The molecule has 2 aromatic carbocycles. The van der Waals surface area contributed by atoms with Gasteiger partial charge in [0.1, 0.15) is 0 Å². The van der Waals surface area contributed by atoms with Crippen LogP contribution in [0.3, 0.4) is 0 Å². The molecule has 0 saturated carbocycles. The summed E-state index contributed by atoms with van der Waals surface area (Å²) in [7, 11) is 1.54. The van der Waals surface area contributed by atoms with Crippen molar-refractivity contribution in [2.24, 2.45) is 0 Å². The molecule has 1 atom stereocenters. The number of allylic oxidation sites excluding steroid dienone is 1. The zero-order valence-corrected chi connectivity index (χ0v) is 18.0. The summed E-state index contributed by atoms with van der Waals surface area (Å²) in [5, 5.41) is -0.125. The Bertz CT molecular complexity index is 896. The highest BCUT2D eigenvalue weighted by Crippen LogP contribution is 2.41. The van der Waals surface area contributed by atoms with Gasteiger partial charge in [0, 0.05) is 11.5 Å². The van der Waals surface area contributed by atoms with Gasteiger partial charge in [-0.15, -0.1) is 0 Å². The minimum Gasteiger partial charge on any atom is -0.288 e. The van der Waals surface area contributed by atoms with Gasteiger partial charge in [0.25, 0.3) is 5.91 Å². The molecule has 28 heavy (non-hydrogen) atoms. The zero-order valence-electron chi connectivity index (χ0n) is 14.2. The first kappa shape index (κ1) is 23.0. The number of benzene rings is 2. The highest BCUT2D eigenvalue weighted by Gasteiger charge is 2.39. The number of rotatable bonds is 5. The molecule has 10 heteroatoms. The normalized spacial score (nSPS) is 13.0. The van der Waals surface area contributed by atoms with Crippen LogP contribution in [0.5, 0.6) is 0 Å². The van der Waals surface area contributed by atoms with Crippen molar-refractivity contribution >= 4 is 62.7 Å². The predicted molar refractivity (Wildman–Crippen MR) is 110 cm³/mol. The van der Waals surface area contributed by atoms with Crippen LogP contribution in [0, 0.1) is 0 Å². The number of halogens is 7. The van der Waals surface area contributed by atoms with Crippen LogP contribution in [0.1, 0.15) is 27.4 Å². The predicted octanol–water partition coefficient (Wildman–Crippen LogP) is 6.63. The van der Waals surface area contributed by atoms with Crippen LogP contribution in [-0.2, 0) is 0 Å². The molecule has 0 heterocycles. The number of amides is 1. The Balaban J connectivity index is 2.37. The SMILES string of the molecule is CNNC(=O)c1ccc(/C=C/C(c2cc(Cl)c(Cl)c(Cl)c2)C(F)(F)F)cc1Br. The summed E-state index contributed by atoms with van der Waals surface area (Å²) in [4.78, 5) is 11.8. The van der Waals surface area contributed by atoms with E-state index in [-0.39, 0.29) is 26.5 Å². The molecule has 150 valence electrons. The summed E-state index contributed by atoms with van der Waals surface area (Å²) < 4.78 is 41.1. The second-order valence-corrected chi connectivity index (χ2v) is 7.67. The Hall–Kier alpha value is -1.25. The zero-order chi connectivity index (χ0) is 21.1. The molecule has 0 saturated heterocycles. The van der Waals surface area contributed by atoms with E-state index in [9.17, 15) is 18.0 Å². The van der Waals surface area contributed by atoms with Crippen LogP contribution in [0.15, 0.2) is 40.9 Å². The van der Waals surface area contributed by atoms with Crippen LogP contribution < -0.4 is 10.9 Å². The first-order chi connectivity index (χ1) is 13.0. The summed E-state index contributed by atoms with van der Waals surface area (Å²) >= 11 is 20.8. The largest absolute Gasteiger partial charge is 0.399 e. The molecular weight excluding hydrogens is 503 g/mol. The summed E-state index contributed by atoms with van der Waals surface area (Å²) in [6, 6.07) is 6.84. The van der Waals surface area contributed by atoms with Gasteiger partial charge in [-0.1, -0.05) is 53.0 Å². The van der Waals surface area contributed by atoms with Crippen molar-refractivity contribution in [3.05, 3.63) is 72.6 Å². The molecule has 0 aliphatic carbocycles. The number of nitrogens with one attached hydrogen (secondary N) is 2. The van der Waals surface area contributed by atoms with Crippen LogP contribution in [-0.4, -0.2) is 19.1 Å².